The molecule has 0 spiro atoms. The van der Waals surface area contributed by atoms with Gasteiger partial charge in [0.15, 0.2) is 5.76 Å². The smallest absolute Gasteiger partial charge is 0.269 e. The van der Waals surface area contributed by atoms with E-state index in [1.807, 2.05) is 19.9 Å². The summed E-state index contributed by atoms with van der Waals surface area (Å²) >= 11 is 0. The third-order valence-corrected chi connectivity index (χ3v) is 3.43. The van der Waals surface area contributed by atoms with E-state index in [1.54, 1.807) is 30.6 Å². The van der Waals surface area contributed by atoms with E-state index in [1.165, 1.54) is 0 Å². The van der Waals surface area contributed by atoms with Gasteiger partial charge in [0, 0.05) is 31.4 Å². The predicted molar refractivity (Wildman–Crippen MR) is 87.3 cm³/mol. The van der Waals surface area contributed by atoms with Crippen molar-refractivity contribution in [2.24, 2.45) is 0 Å². The van der Waals surface area contributed by atoms with Crippen molar-refractivity contribution in [1.82, 2.24) is 25.4 Å². The molecule has 0 unspecified atom stereocenters. The van der Waals surface area contributed by atoms with Crippen LogP contribution in [0.25, 0.3) is 11.3 Å². The minimum absolute atomic E-state index is 0.210. The normalized spacial score (nSPS) is 10.6. The van der Waals surface area contributed by atoms with Gasteiger partial charge in [0.05, 0.1) is 17.0 Å². The van der Waals surface area contributed by atoms with Crippen LogP contribution in [0.2, 0.25) is 0 Å². The maximum atomic E-state index is 12.0. The molecule has 3 aromatic rings. The molecule has 0 aliphatic heterocycles. The van der Waals surface area contributed by atoms with Gasteiger partial charge in [0.1, 0.15) is 11.5 Å². The Morgan fingerprint density at radius 1 is 1.25 bits per heavy atom. The summed E-state index contributed by atoms with van der Waals surface area (Å²) in [7, 11) is 0. The fourth-order valence-electron chi connectivity index (χ4n) is 2.29. The number of carbonyl (C=O) groups excluding carboxylic acids is 1. The summed E-state index contributed by atoms with van der Waals surface area (Å²) in [6.07, 6.45) is 3.86. The maximum absolute atomic E-state index is 12.0. The van der Waals surface area contributed by atoms with Crippen LogP contribution in [0.15, 0.2) is 41.2 Å². The van der Waals surface area contributed by atoms with Crippen molar-refractivity contribution in [2.75, 3.05) is 6.54 Å². The Bertz CT molecular complexity index is 845. The molecule has 24 heavy (non-hydrogen) atoms. The lowest BCUT2D eigenvalue weighted by Crippen LogP contribution is -2.26. The topological polar surface area (TPSA) is 93.8 Å². The second-order valence-electron chi connectivity index (χ2n) is 5.33. The standard InChI is InChI=1S/C17H17N5O2/c1-11-9-16(24-22-11)13-10-20-12(2)21-14(13)6-8-19-17(23)15-5-3-4-7-18-15/h3-5,7,9-10H,6,8H2,1-2H3,(H,19,23). The van der Waals surface area contributed by atoms with Gasteiger partial charge in [-0.25, -0.2) is 9.97 Å². The molecule has 0 fully saturated rings. The minimum atomic E-state index is -0.210. The number of pyridine rings is 1. The van der Waals surface area contributed by atoms with Gasteiger partial charge in [-0.3, -0.25) is 9.78 Å². The van der Waals surface area contributed by atoms with E-state index in [0.29, 0.717) is 30.2 Å². The number of carbonyl (C=O) groups is 1. The lowest BCUT2D eigenvalue weighted by molar-refractivity contribution is 0.0949. The molecule has 7 heteroatoms. The van der Waals surface area contributed by atoms with Crippen LogP contribution in [0, 0.1) is 13.8 Å². The van der Waals surface area contributed by atoms with Crippen molar-refractivity contribution in [3.05, 3.63) is 59.6 Å². The maximum Gasteiger partial charge on any atom is 0.269 e. The Balaban J connectivity index is 1.71. The van der Waals surface area contributed by atoms with Gasteiger partial charge in [-0.15, -0.1) is 0 Å². The van der Waals surface area contributed by atoms with Gasteiger partial charge in [-0.05, 0) is 26.0 Å². The van der Waals surface area contributed by atoms with Crippen molar-refractivity contribution in [3.63, 3.8) is 0 Å². The molecule has 7 nitrogen and oxygen atoms in total. The molecule has 0 aromatic carbocycles. The van der Waals surface area contributed by atoms with E-state index in [0.717, 1.165) is 17.0 Å². The number of hydrogen-bond donors (Lipinski definition) is 1. The summed E-state index contributed by atoms with van der Waals surface area (Å²) in [5.74, 6) is 1.08. The summed E-state index contributed by atoms with van der Waals surface area (Å²) in [6, 6.07) is 7.06. The number of rotatable bonds is 5. The predicted octanol–water partition coefficient (Wildman–Crippen LogP) is 2.12. The number of hydrogen-bond acceptors (Lipinski definition) is 6. The Kier molecular flexibility index (Phi) is 4.60. The van der Waals surface area contributed by atoms with E-state index in [4.69, 9.17) is 4.52 Å². The average Bonchev–Trinajstić information content (AvgIpc) is 3.02. The molecule has 3 heterocycles. The second-order valence-corrected chi connectivity index (χ2v) is 5.33. The second kappa shape index (κ2) is 6.99. The number of aryl methyl sites for hydroxylation is 2. The van der Waals surface area contributed by atoms with Crippen LogP contribution in [0.3, 0.4) is 0 Å². The van der Waals surface area contributed by atoms with Gasteiger partial charge < -0.3 is 9.84 Å². The number of amides is 1. The van der Waals surface area contributed by atoms with Crippen molar-refractivity contribution in [2.45, 2.75) is 20.3 Å². The zero-order valence-corrected chi connectivity index (χ0v) is 13.5. The largest absolute Gasteiger partial charge is 0.356 e. The first-order valence-electron chi connectivity index (χ1n) is 7.59. The Hall–Kier alpha value is -3.09. The minimum Gasteiger partial charge on any atom is -0.356 e. The van der Waals surface area contributed by atoms with Crippen molar-refractivity contribution in [3.8, 4) is 11.3 Å². The van der Waals surface area contributed by atoms with E-state index >= 15 is 0 Å². The van der Waals surface area contributed by atoms with Crippen molar-refractivity contribution in [1.29, 1.82) is 0 Å². The molecule has 1 amide bonds. The van der Waals surface area contributed by atoms with Crippen LogP contribution in [-0.2, 0) is 6.42 Å². The molecule has 0 saturated carbocycles. The highest BCUT2D eigenvalue weighted by molar-refractivity contribution is 5.92. The van der Waals surface area contributed by atoms with Gasteiger partial charge in [0.2, 0.25) is 0 Å². The van der Waals surface area contributed by atoms with Crippen molar-refractivity contribution >= 4 is 5.91 Å². The summed E-state index contributed by atoms with van der Waals surface area (Å²) < 4.78 is 5.30. The molecule has 0 saturated heterocycles. The SMILES string of the molecule is Cc1cc(-c2cnc(C)nc2CCNC(=O)c2ccccn2)on1. The number of nitrogens with one attached hydrogen (secondary N) is 1. The van der Waals surface area contributed by atoms with Crippen LogP contribution in [0.5, 0.6) is 0 Å². The average molecular weight is 323 g/mol. The number of aromatic nitrogens is 4. The van der Waals surface area contributed by atoms with E-state index < -0.39 is 0 Å². The molecule has 3 aromatic heterocycles. The summed E-state index contributed by atoms with van der Waals surface area (Å²) in [4.78, 5) is 24.7. The molecule has 1 N–H and O–H groups in total. The molecule has 0 aliphatic rings. The Morgan fingerprint density at radius 2 is 2.12 bits per heavy atom. The van der Waals surface area contributed by atoms with Crippen LogP contribution in [0.1, 0.15) is 27.7 Å². The molecular weight excluding hydrogens is 306 g/mol. The number of nitrogens with zero attached hydrogens (tertiary/aromatic N) is 4. The summed E-state index contributed by atoms with van der Waals surface area (Å²) in [6.45, 7) is 4.12. The molecule has 122 valence electrons. The highest BCUT2D eigenvalue weighted by Gasteiger charge is 2.13. The van der Waals surface area contributed by atoms with Gasteiger partial charge in [-0.2, -0.15) is 0 Å². The zero-order valence-electron chi connectivity index (χ0n) is 13.5. The highest BCUT2D eigenvalue weighted by Crippen LogP contribution is 2.22. The van der Waals surface area contributed by atoms with E-state index in [9.17, 15) is 4.79 Å². The first-order valence-corrected chi connectivity index (χ1v) is 7.59. The third kappa shape index (κ3) is 3.62. The Labute approximate surface area is 139 Å². The van der Waals surface area contributed by atoms with Crippen LogP contribution in [-0.4, -0.2) is 32.6 Å². The first kappa shape index (κ1) is 15.8. The van der Waals surface area contributed by atoms with Gasteiger partial charge in [0.25, 0.3) is 5.91 Å². The fourth-order valence-corrected chi connectivity index (χ4v) is 2.29. The molecular formula is C17H17N5O2. The fraction of sp³-hybridized carbons (Fsp3) is 0.235. The molecule has 0 radical (unpaired) electrons. The van der Waals surface area contributed by atoms with Gasteiger partial charge >= 0.3 is 0 Å². The van der Waals surface area contributed by atoms with Crippen LogP contribution in [0.4, 0.5) is 0 Å². The summed E-state index contributed by atoms with van der Waals surface area (Å²) in [5.41, 5.74) is 2.77. The van der Waals surface area contributed by atoms with Crippen LogP contribution >= 0.6 is 0 Å². The molecule has 3 rings (SSSR count). The zero-order chi connectivity index (χ0) is 16.9. The lowest BCUT2D eigenvalue weighted by Gasteiger charge is -2.08. The van der Waals surface area contributed by atoms with Gasteiger partial charge in [-0.1, -0.05) is 11.2 Å². The van der Waals surface area contributed by atoms with Crippen molar-refractivity contribution < 1.29 is 9.32 Å². The lowest BCUT2D eigenvalue weighted by atomic mass is 10.1. The van der Waals surface area contributed by atoms with E-state index in [-0.39, 0.29) is 5.91 Å². The monoisotopic (exact) mass is 323 g/mol. The first-order chi connectivity index (χ1) is 11.6. The molecule has 0 atom stereocenters. The van der Waals surface area contributed by atoms with Crippen LogP contribution < -0.4 is 5.32 Å². The quantitative estimate of drug-likeness (QED) is 0.773. The van der Waals surface area contributed by atoms with E-state index in [2.05, 4.69) is 25.4 Å². The highest BCUT2D eigenvalue weighted by atomic mass is 16.5. The molecule has 0 aliphatic carbocycles. The molecule has 0 bridgehead atoms. The third-order valence-electron chi connectivity index (χ3n) is 3.43. The Morgan fingerprint density at radius 3 is 2.83 bits per heavy atom. The summed E-state index contributed by atoms with van der Waals surface area (Å²) in [5, 5.41) is 6.74.